The SMILES string of the molecule is CCOc1ccc(-n2c(SCC(=O)Nc3cccc(C(F)(F)F)c3)nnc2-c2ccc(OC)cc2)cc1. The molecule has 0 aliphatic carbocycles. The number of hydrogen-bond acceptors (Lipinski definition) is 6. The third kappa shape index (κ3) is 6.42. The molecule has 1 heterocycles. The van der Waals surface area contributed by atoms with Gasteiger partial charge in [0.25, 0.3) is 0 Å². The summed E-state index contributed by atoms with van der Waals surface area (Å²) in [6.07, 6.45) is -4.50. The number of ether oxygens (including phenoxy) is 2. The summed E-state index contributed by atoms with van der Waals surface area (Å²) in [6.45, 7) is 2.43. The van der Waals surface area contributed by atoms with E-state index in [2.05, 4.69) is 15.5 Å². The Labute approximate surface area is 215 Å². The molecule has 1 N–H and O–H groups in total. The van der Waals surface area contributed by atoms with Crippen LogP contribution in [0.5, 0.6) is 11.5 Å². The molecule has 0 saturated heterocycles. The van der Waals surface area contributed by atoms with Crippen molar-refractivity contribution in [2.75, 3.05) is 24.8 Å². The number of rotatable bonds is 9. The van der Waals surface area contributed by atoms with Gasteiger partial charge in [0.05, 0.1) is 25.0 Å². The number of amides is 1. The molecule has 0 bridgehead atoms. The monoisotopic (exact) mass is 528 g/mol. The highest BCUT2D eigenvalue weighted by Gasteiger charge is 2.30. The number of hydrogen-bond donors (Lipinski definition) is 1. The normalized spacial score (nSPS) is 11.3. The van der Waals surface area contributed by atoms with Crippen LogP contribution in [0.1, 0.15) is 12.5 Å². The van der Waals surface area contributed by atoms with Crippen molar-refractivity contribution >= 4 is 23.4 Å². The molecule has 0 aliphatic heterocycles. The first-order valence-corrected chi connectivity index (χ1v) is 12.2. The van der Waals surface area contributed by atoms with Crippen LogP contribution in [0.15, 0.2) is 78.0 Å². The molecule has 0 fully saturated rings. The van der Waals surface area contributed by atoms with Crippen LogP contribution in [0, 0.1) is 0 Å². The number of methoxy groups -OCH3 is 1. The lowest BCUT2D eigenvalue weighted by molar-refractivity contribution is -0.137. The molecule has 192 valence electrons. The molecule has 1 amide bonds. The highest BCUT2D eigenvalue weighted by atomic mass is 32.2. The third-order valence-corrected chi connectivity index (χ3v) is 6.12. The largest absolute Gasteiger partial charge is 0.497 e. The van der Waals surface area contributed by atoms with Crippen molar-refractivity contribution in [3.8, 4) is 28.6 Å². The summed E-state index contributed by atoms with van der Waals surface area (Å²) in [4.78, 5) is 12.6. The fourth-order valence-corrected chi connectivity index (χ4v) is 4.23. The molecule has 37 heavy (non-hydrogen) atoms. The Morgan fingerprint density at radius 3 is 2.35 bits per heavy atom. The van der Waals surface area contributed by atoms with Gasteiger partial charge >= 0.3 is 6.18 Å². The standard InChI is InChI=1S/C26H23F3N4O3S/c1-3-36-22-13-9-20(10-14-22)33-24(17-7-11-21(35-2)12-8-17)31-32-25(33)37-16-23(34)30-19-6-4-5-18(15-19)26(27,28)29/h4-15H,3,16H2,1-2H3,(H,30,34). The fourth-order valence-electron chi connectivity index (χ4n) is 3.48. The van der Waals surface area contributed by atoms with Crippen LogP contribution in [0.2, 0.25) is 0 Å². The summed E-state index contributed by atoms with van der Waals surface area (Å²) in [5, 5.41) is 11.6. The number of anilines is 1. The molecule has 4 aromatic rings. The smallest absolute Gasteiger partial charge is 0.416 e. The number of nitrogens with zero attached hydrogens (tertiary/aromatic N) is 3. The predicted octanol–water partition coefficient (Wildman–Crippen LogP) is 6.09. The van der Waals surface area contributed by atoms with Gasteiger partial charge in [0.15, 0.2) is 11.0 Å². The van der Waals surface area contributed by atoms with Crippen molar-refractivity contribution in [1.82, 2.24) is 14.8 Å². The number of benzene rings is 3. The zero-order chi connectivity index (χ0) is 26.4. The van der Waals surface area contributed by atoms with E-state index in [1.54, 1.807) is 11.7 Å². The Morgan fingerprint density at radius 1 is 1.00 bits per heavy atom. The van der Waals surface area contributed by atoms with Crippen LogP contribution in [0.4, 0.5) is 18.9 Å². The molecular weight excluding hydrogens is 505 g/mol. The maximum atomic E-state index is 13.0. The number of aromatic nitrogens is 3. The number of carbonyl (C=O) groups excluding carboxylic acids is 1. The Morgan fingerprint density at radius 2 is 1.70 bits per heavy atom. The zero-order valence-electron chi connectivity index (χ0n) is 20.0. The first-order chi connectivity index (χ1) is 17.8. The van der Waals surface area contributed by atoms with Gasteiger partial charge in [-0.15, -0.1) is 10.2 Å². The van der Waals surface area contributed by atoms with Crippen LogP contribution < -0.4 is 14.8 Å². The van der Waals surface area contributed by atoms with Crippen molar-refractivity contribution in [3.05, 3.63) is 78.4 Å². The molecule has 0 radical (unpaired) electrons. The van der Waals surface area contributed by atoms with Crippen LogP contribution in [-0.2, 0) is 11.0 Å². The van der Waals surface area contributed by atoms with Gasteiger partial charge in [-0.1, -0.05) is 17.8 Å². The highest BCUT2D eigenvalue weighted by molar-refractivity contribution is 7.99. The minimum absolute atomic E-state index is 0.0623. The maximum Gasteiger partial charge on any atom is 0.416 e. The van der Waals surface area contributed by atoms with Gasteiger partial charge in [0.1, 0.15) is 11.5 Å². The van der Waals surface area contributed by atoms with E-state index < -0.39 is 17.6 Å². The van der Waals surface area contributed by atoms with E-state index in [0.29, 0.717) is 29.1 Å². The molecule has 4 rings (SSSR count). The summed E-state index contributed by atoms with van der Waals surface area (Å²) in [5.74, 6) is 1.38. The summed E-state index contributed by atoms with van der Waals surface area (Å²) in [7, 11) is 1.58. The van der Waals surface area contributed by atoms with Crippen LogP contribution in [-0.4, -0.2) is 40.1 Å². The van der Waals surface area contributed by atoms with Gasteiger partial charge in [-0.05, 0) is 73.7 Å². The molecule has 0 aliphatic rings. The van der Waals surface area contributed by atoms with E-state index in [1.807, 2.05) is 55.5 Å². The Bertz CT molecular complexity index is 1360. The first-order valence-electron chi connectivity index (χ1n) is 11.2. The van der Waals surface area contributed by atoms with Gasteiger partial charge in [0.2, 0.25) is 5.91 Å². The Hall–Kier alpha value is -3.99. The van der Waals surface area contributed by atoms with Crippen molar-refractivity contribution in [3.63, 3.8) is 0 Å². The lowest BCUT2D eigenvalue weighted by Gasteiger charge is -2.12. The second-order valence-corrected chi connectivity index (χ2v) is 8.65. The first kappa shape index (κ1) is 26.1. The van der Waals surface area contributed by atoms with Gasteiger partial charge < -0.3 is 14.8 Å². The molecule has 1 aromatic heterocycles. The van der Waals surface area contributed by atoms with E-state index in [9.17, 15) is 18.0 Å². The molecule has 11 heteroatoms. The highest BCUT2D eigenvalue weighted by Crippen LogP contribution is 2.32. The molecule has 0 spiro atoms. The number of thioether (sulfide) groups is 1. The van der Waals surface area contributed by atoms with Crippen molar-refractivity contribution in [2.24, 2.45) is 0 Å². The van der Waals surface area contributed by atoms with E-state index in [-0.39, 0.29) is 11.4 Å². The van der Waals surface area contributed by atoms with E-state index in [1.165, 1.54) is 12.1 Å². The topological polar surface area (TPSA) is 78.3 Å². The summed E-state index contributed by atoms with van der Waals surface area (Å²) in [6, 6.07) is 19.2. The second-order valence-electron chi connectivity index (χ2n) is 7.71. The second kappa shape index (κ2) is 11.4. The minimum atomic E-state index is -4.50. The van der Waals surface area contributed by atoms with E-state index in [0.717, 1.165) is 35.1 Å². The number of alkyl halides is 3. The molecule has 0 atom stereocenters. The maximum absolute atomic E-state index is 13.0. The lowest BCUT2D eigenvalue weighted by Crippen LogP contribution is -2.15. The van der Waals surface area contributed by atoms with Gasteiger partial charge in [-0.2, -0.15) is 13.2 Å². The molecule has 3 aromatic carbocycles. The number of carbonyl (C=O) groups is 1. The number of nitrogens with one attached hydrogen (secondary N) is 1. The van der Waals surface area contributed by atoms with Crippen LogP contribution in [0.25, 0.3) is 17.1 Å². The van der Waals surface area contributed by atoms with Crippen LogP contribution in [0.3, 0.4) is 0 Å². The van der Waals surface area contributed by atoms with Crippen molar-refractivity contribution in [2.45, 2.75) is 18.3 Å². The Balaban J connectivity index is 1.58. The molecule has 0 unspecified atom stereocenters. The van der Waals surface area contributed by atoms with Crippen molar-refractivity contribution < 1.29 is 27.4 Å². The average Bonchev–Trinajstić information content (AvgIpc) is 3.32. The van der Waals surface area contributed by atoms with E-state index in [4.69, 9.17) is 9.47 Å². The zero-order valence-corrected chi connectivity index (χ0v) is 20.8. The van der Waals surface area contributed by atoms with Crippen molar-refractivity contribution in [1.29, 1.82) is 0 Å². The average molecular weight is 529 g/mol. The minimum Gasteiger partial charge on any atom is -0.497 e. The fraction of sp³-hybridized carbons (Fsp3) is 0.192. The molecule has 7 nitrogen and oxygen atoms in total. The van der Waals surface area contributed by atoms with Gasteiger partial charge in [0, 0.05) is 16.9 Å². The molecular formula is C26H23F3N4O3S. The predicted molar refractivity (Wildman–Crippen MR) is 135 cm³/mol. The van der Waals surface area contributed by atoms with E-state index >= 15 is 0 Å². The summed E-state index contributed by atoms with van der Waals surface area (Å²) >= 11 is 1.12. The number of halogens is 3. The summed E-state index contributed by atoms with van der Waals surface area (Å²) in [5.41, 5.74) is 0.757. The summed E-state index contributed by atoms with van der Waals surface area (Å²) < 4.78 is 51.5. The Kier molecular flexibility index (Phi) is 8.02. The lowest BCUT2D eigenvalue weighted by atomic mass is 10.2. The molecule has 0 saturated carbocycles. The quantitative estimate of drug-likeness (QED) is 0.265. The van der Waals surface area contributed by atoms with Gasteiger partial charge in [-0.3, -0.25) is 9.36 Å². The third-order valence-electron chi connectivity index (χ3n) is 5.19. The van der Waals surface area contributed by atoms with Crippen LogP contribution >= 0.6 is 11.8 Å². The van der Waals surface area contributed by atoms with Gasteiger partial charge in [-0.25, -0.2) is 0 Å².